The van der Waals surface area contributed by atoms with Gasteiger partial charge < -0.3 is 4.98 Å². The molecule has 1 N–H and O–H groups in total. The van der Waals surface area contributed by atoms with E-state index >= 15 is 0 Å². The number of thiazole rings is 1. The fourth-order valence-corrected chi connectivity index (χ4v) is 7.95. The van der Waals surface area contributed by atoms with Crippen LogP contribution >= 0.6 is 23.1 Å². The van der Waals surface area contributed by atoms with E-state index in [2.05, 4.69) is 18.8 Å². The maximum absolute atomic E-state index is 11.7. The van der Waals surface area contributed by atoms with Crippen molar-refractivity contribution < 1.29 is 0 Å². The molecule has 98 valence electrons. The summed E-state index contributed by atoms with van der Waals surface area (Å²) in [5.74, 6) is 2.64. The molecule has 2 nitrogen and oxygen atoms in total. The molecule has 2 fully saturated rings. The largest absolute Gasteiger partial charge is 0.307 e. The maximum atomic E-state index is 11.7. The van der Waals surface area contributed by atoms with Crippen molar-refractivity contribution in [3.05, 3.63) is 14.5 Å². The van der Waals surface area contributed by atoms with Crippen LogP contribution in [0.25, 0.3) is 0 Å². The summed E-state index contributed by atoms with van der Waals surface area (Å²) >= 11 is 3.45. The molecule has 2 heterocycles. The quantitative estimate of drug-likeness (QED) is 0.852. The highest BCUT2D eigenvalue weighted by Gasteiger charge is 2.58. The Bertz CT molecular complexity index is 548. The fraction of sp³-hybridized carbons (Fsp3) is 0.786. The molecule has 1 aromatic heterocycles. The van der Waals surface area contributed by atoms with Crippen molar-refractivity contribution in [3.63, 3.8) is 0 Å². The number of aromatic amines is 1. The lowest BCUT2D eigenvalue weighted by Gasteiger charge is -2.46. The van der Waals surface area contributed by atoms with Gasteiger partial charge in [-0.05, 0) is 43.4 Å². The van der Waals surface area contributed by atoms with Gasteiger partial charge in [0, 0.05) is 15.5 Å². The SMILES string of the molecule is CC[C@]1(C)c2sc(=O)[nH]c2S[C@@H]2[C@H]3CC[C@@H](C3)[C@H]21. The van der Waals surface area contributed by atoms with Gasteiger partial charge in [-0.3, -0.25) is 4.79 Å². The Morgan fingerprint density at radius 2 is 2.17 bits per heavy atom. The number of H-pyrrole nitrogens is 1. The summed E-state index contributed by atoms with van der Waals surface area (Å²) in [6, 6.07) is 0. The number of hydrogen-bond donors (Lipinski definition) is 1. The van der Waals surface area contributed by atoms with Crippen molar-refractivity contribution in [2.75, 3.05) is 0 Å². The summed E-state index contributed by atoms with van der Waals surface area (Å²) in [7, 11) is 0. The standard InChI is InChI=1S/C14H19NOS2/c1-3-14(2)9-7-4-5-8(6-7)10(9)17-12-11(14)18-13(16)15-12/h7-10H,3-6H2,1-2H3,(H,15,16)/t7-,8-,9+,10+,14-/m0/s1. The van der Waals surface area contributed by atoms with Crippen molar-refractivity contribution in [1.82, 2.24) is 4.98 Å². The van der Waals surface area contributed by atoms with Crippen LogP contribution in [0.2, 0.25) is 0 Å². The second-order valence-corrected chi connectivity index (χ2v) is 8.56. The molecule has 0 saturated heterocycles. The second-order valence-electron chi connectivity index (χ2n) is 6.39. The van der Waals surface area contributed by atoms with E-state index in [1.807, 2.05) is 11.8 Å². The number of nitrogens with one attached hydrogen (secondary N) is 1. The molecule has 1 aromatic rings. The Kier molecular flexibility index (Phi) is 2.36. The van der Waals surface area contributed by atoms with Gasteiger partial charge in [-0.15, -0.1) is 11.8 Å². The molecular weight excluding hydrogens is 262 g/mol. The first-order valence-electron chi connectivity index (χ1n) is 7.03. The number of rotatable bonds is 1. The second kappa shape index (κ2) is 3.66. The Morgan fingerprint density at radius 3 is 2.94 bits per heavy atom. The van der Waals surface area contributed by atoms with Crippen LogP contribution in [0.15, 0.2) is 9.82 Å². The summed E-state index contributed by atoms with van der Waals surface area (Å²) in [4.78, 5) is 16.3. The topological polar surface area (TPSA) is 32.9 Å². The van der Waals surface area contributed by atoms with Gasteiger partial charge in [0.2, 0.25) is 0 Å². The van der Waals surface area contributed by atoms with Crippen LogP contribution < -0.4 is 4.87 Å². The predicted octanol–water partition coefficient (Wildman–Crippen LogP) is 3.62. The Balaban J connectivity index is 1.89. The third kappa shape index (κ3) is 1.29. The lowest BCUT2D eigenvalue weighted by molar-refractivity contribution is 0.195. The zero-order valence-corrected chi connectivity index (χ0v) is 12.5. The summed E-state index contributed by atoms with van der Waals surface area (Å²) < 4.78 is 0. The van der Waals surface area contributed by atoms with Crippen molar-refractivity contribution in [2.45, 2.75) is 55.2 Å². The van der Waals surface area contributed by atoms with Gasteiger partial charge in [-0.25, -0.2) is 0 Å². The minimum Gasteiger partial charge on any atom is -0.307 e. The summed E-state index contributed by atoms with van der Waals surface area (Å²) in [5, 5.41) is 1.97. The lowest BCUT2D eigenvalue weighted by atomic mass is 9.66. The van der Waals surface area contributed by atoms with Gasteiger partial charge in [0.15, 0.2) is 0 Å². The number of aromatic nitrogens is 1. The lowest BCUT2D eigenvalue weighted by Crippen LogP contribution is -2.44. The van der Waals surface area contributed by atoms with Crippen molar-refractivity contribution in [2.24, 2.45) is 17.8 Å². The highest BCUT2D eigenvalue weighted by atomic mass is 32.2. The average molecular weight is 281 g/mol. The van der Waals surface area contributed by atoms with E-state index in [0.29, 0.717) is 0 Å². The van der Waals surface area contributed by atoms with E-state index in [4.69, 9.17) is 0 Å². The van der Waals surface area contributed by atoms with Gasteiger partial charge in [0.1, 0.15) is 0 Å². The molecular formula is C14H19NOS2. The molecule has 2 saturated carbocycles. The van der Waals surface area contributed by atoms with Crippen LogP contribution in [0, 0.1) is 17.8 Å². The highest BCUT2D eigenvalue weighted by Crippen LogP contribution is 2.64. The molecule has 0 aromatic carbocycles. The average Bonchev–Trinajstić information content (AvgIpc) is 3.02. The molecule has 0 unspecified atom stereocenters. The van der Waals surface area contributed by atoms with E-state index < -0.39 is 0 Å². The smallest absolute Gasteiger partial charge is 0.305 e. The summed E-state index contributed by atoms with van der Waals surface area (Å²) in [5.41, 5.74) is 0.245. The molecule has 2 aliphatic carbocycles. The van der Waals surface area contributed by atoms with Gasteiger partial charge >= 0.3 is 4.87 Å². The van der Waals surface area contributed by atoms with Crippen LogP contribution in [-0.2, 0) is 5.41 Å². The van der Waals surface area contributed by atoms with Crippen LogP contribution in [0.1, 0.15) is 44.4 Å². The monoisotopic (exact) mass is 281 g/mol. The molecule has 5 atom stereocenters. The number of hydrogen-bond acceptors (Lipinski definition) is 3. The first-order chi connectivity index (χ1) is 8.63. The Morgan fingerprint density at radius 1 is 1.39 bits per heavy atom. The Hall–Kier alpha value is -0.220. The molecule has 18 heavy (non-hydrogen) atoms. The van der Waals surface area contributed by atoms with Crippen LogP contribution in [0.3, 0.4) is 0 Å². The molecule has 4 rings (SSSR count). The minimum absolute atomic E-state index is 0.138. The van der Waals surface area contributed by atoms with Gasteiger partial charge in [0.25, 0.3) is 0 Å². The third-order valence-electron chi connectivity index (χ3n) is 5.70. The van der Waals surface area contributed by atoms with Gasteiger partial charge in [-0.2, -0.15) is 0 Å². The third-order valence-corrected chi connectivity index (χ3v) is 8.48. The molecule has 1 aliphatic heterocycles. The van der Waals surface area contributed by atoms with Gasteiger partial charge in [-0.1, -0.05) is 25.2 Å². The predicted molar refractivity (Wildman–Crippen MR) is 76.5 cm³/mol. The molecule has 4 heteroatoms. The first-order valence-corrected chi connectivity index (χ1v) is 8.73. The fourth-order valence-electron chi connectivity index (χ4n) is 4.75. The molecule has 0 radical (unpaired) electrons. The van der Waals surface area contributed by atoms with E-state index in [-0.39, 0.29) is 10.3 Å². The highest BCUT2D eigenvalue weighted by molar-refractivity contribution is 8.00. The zero-order valence-electron chi connectivity index (χ0n) is 10.9. The van der Waals surface area contributed by atoms with E-state index in [1.54, 1.807) is 0 Å². The molecule has 3 aliphatic rings. The summed E-state index contributed by atoms with van der Waals surface area (Å²) in [6.45, 7) is 4.71. The first kappa shape index (κ1) is 11.6. The van der Waals surface area contributed by atoms with E-state index in [1.165, 1.54) is 46.9 Å². The van der Waals surface area contributed by atoms with Crippen LogP contribution in [-0.4, -0.2) is 10.2 Å². The normalized spacial score (nSPS) is 45.0. The van der Waals surface area contributed by atoms with Crippen molar-refractivity contribution >= 4 is 23.1 Å². The van der Waals surface area contributed by atoms with Crippen LogP contribution in [0.4, 0.5) is 0 Å². The maximum Gasteiger partial charge on any atom is 0.305 e. The van der Waals surface area contributed by atoms with Crippen LogP contribution in [0.5, 0.6) is 0 Å². The minimum atomic E-state index is 0.138. The number of thioether (sulfide) groups is 1. The number of fused-ring (bicyclic) bond motifs is 6. The van der Waals surface area contributed by atoms with Gasteiger partial charge in [0.05, 0.1) is 5.03 Å². The van der Waals surface area contributed by atoms with Crippen molar-refractivity contribution in [3.8, 4) is 0 Å². The Labute approximate surface area is 116 Å². The van der Waals surface area contributed by atoms with E-state index in [9.17, 15) is 4.79 Å². The molecule has 0 spiro atoms. The molecule has 0 amide bonds. The van der Waals surface area contributed by atoms with E-state index in [0.717, 1.165) is 23.0 Å². The van der Waals surface area contributed by atoms with Crippen molar-refractivity contribution in [1.29, 1.82) is 0 Å². The summed E-state index contributed by atoms with van der Waals surface area (Å²) in [6.07, 6.45) is 5.45. The molecule has 2 bridgehead atoms. The zero-order chi connectivity index (χ0) is 12.5.